The van der Waals surface area contributed by atoms with Crippen molar-refractivity contribution in [1.82, 2.24) is 5.32 Å². The number of nitro groups is 1. The molecule has 9 nitrogen and oxygen atoms in total. The molecule has 0 aliphatic heterocycles. The number of rotatable bonds is 6. The molecule has 0 aliphatic rings. The molecule has 1 aromatic rings. The summed E-state index contributed by atoms with van der Waals surface area (Å²) in [4.78, 5) is 20.9. The lowest BCUT2D eigenvalue weighted by Gasteiger charge is -2.16. The summed E-state index contributed by atoms with van der Waals surface area (Å²) in [6.45, 7) is 3.51. The summed E-state index contributed by atoms with van der Waals surface area (Å²) in [7, 11) is -4.23. The molecule has 3 N–H and O–H groups in total. The van der Waals surface area contributed by atoms with Gasteiger partial charge in [-0.15, -0.1) is 0 Å². The second-order valence-corrected chi connectivity index (χ2v) is 5.62. The Hall–Kier alpha value is -2.20. The van der Waals surface area contributed by atoms with Crippen molar-refractivity contribution in [2.24, 2.45) is 5.14 Å². The first kappa shape index (κ1) is 16.9. The number of nitrogens with two attached hydrogens (primary N) is 1. The molecule has 21 heavy (non-hydrogen) atoms. The standard InChI is InChI=1S/C11H15N3O6S/c1-3-13-11(15)7(2)20-9-5-4-8(14(16)17)6-10(9)21(12,18)19/h4-7H,3H2,1-2H3,(H,13,15)(H2,12,18,19). The maximum absolute atomic E-state index is 11.6. The number of nitrogens with one attached hydrogen (secondary N) is 1. The third kappa shape index (κ3) is 4.39. The third-order valence-electron chi connectivity index (χ3n) is 2.47. The molecule has 1 rings (SSSR count). The molecule has 0 aromatic heterocycles. The van der Waals surface area contributed by atoms with E-state index in [9.17, 15) is 23.3 Å². The molecule has 1 aromatic carbocycles. The number of non-ortho nitro benzene ring substituents is 1. The summed E-state index contributed by atoms with van der Waals surface area (Å²) in [5.74, 6) is -0.668. The SMILES string of the molecule is CCNC(=O)C(C)Oc1ccc([N+](=O)[O-])cc1S(N)(=O)=O. The fraction of sp³-hybridized carbons (Fsp3) is 0.364. The van der Waals surface area contributed by atoms with Gasteiger partial charge >= 0.3 is 0 Å². The first-order valence-corrected chi connectivity index (χ1v) is 7.47. The third-order valence-corrected chi connectivity index (χ3v) is 3.40. The smallest absolute Gasteiger partial charge is 0.271 e. The number of carbonyl (C=O) groups excluding carboxylic acids is 1. The molecule has 0 aliphatic carbocycles. The molecule has 0 saturated heterocycles. The van der Waals surface area contributed by atoms with Gasteiger partial charge < -0.3 is 10.1 Å². The fourth-order valence-electron chi connectivity index (χ4n) is 1.49. The van der Waals surface area contributed by atoms with Crippen LogP contribution in [0.25, 0.3) is 0 Å². The van der Waals surface area contributed by atoms with Crippen molar-refractivity contribution >= 4 is 21.6 Å². The molecule has 0 spiro atoms. The molecule has 0 bridgehead atoms. The maximum atomic E-state index is 11.6. The molecule has 116 valence electrons. The molecular formula is C11H15N3O6S. The number of carbonyl (C=O) groups is 1. The monoisotopic (exact) mass is 317 g/mol. The second-order valence-electron chi connectivity index (χ2n) is 4.09. The van der Waals surface area contributed by atoms with Crippen molar-refractivity contribution in [2.75, 3.05) is 6.54 Å². The van der Waals surface area contributed by atoms with Crippen LogP contribution in [-0.2, 0) is 14.8 Å². The first-order chi connectivity index (χ1) is 9.66. The molecule has 0 heterocycles. The maximum Gasteiger partial charge on any atom is 0.271 e. The molecule has 1 atom stereocenters. The largest absolute Gasteiger partial charge is 0.479 e. The van der Waals surface area contributed by atoms with E-state index in [0.29, 0.717) is 6.54 Å². The van der Waals surface area contributed by atoms with E-state index in [-0.39, 0.29) is 5.75 Å². The number of benzene rings is 1. The van der Waals surface area contributed by atoms with E-state index in [4.69, 9.17) is 9.88 Å². The Bertz CT molecular complexity index is 658. The minimum atomic E-state index is -4.23. The summed E-state index contributed by atoms with van der Waals surface area (Å²) < 4.78 is 28.2. The zero-order valence-electron chi connectivity index (χ0n) is 11.4. The van der Waals surface area contributed by atoms with Crippen LogP contribution in [0.1, 0.15) is 13.8 Å². The summed E-state index contributed by atoms with van der Waals surface area (Å²) in [6.07, 6.45) is -0.980. The Morgan fingerprint density at radius 3 is 2.62 bits per heavy atom. The number of sulfonamides is 1. The highest BCUT2D eigenvalue weighted by molar-refractivity contribution is 7.89. The Balaban J connectivity index is 3.18. The summed E-state index contributed by atoms with van der Waals surface area (Å²) in [5, 5.41) is 18.2. The van der Waals surface area contributed by atoms with Gasteiger partial charge in [0.2, 0.25) is 10.0 Å². The normalized spacial score (nSPS) is 12.5. The first-order valence-electron chi connectivity index (χ1n) is 5.92. The van der Waals surface area contributed by atoms with Gasteiger partial charge in [0.1, 0.15) is 10.6 Å². The Morgan fingerprint density at radius 1 is 1.52 bits per heavy atom. The van der Waals surface area contributed by atoms with Crippen LogP contribution in [0.4, 0.5) is 5.69 Å². The van der Waals surface area contributed by atoms with Gasteiger partial charge in [-0.25, -0.2) is 13.6 Å². The van der Waals surface area contributed by atoms with E-state index in [0.717, 1.165) is 18.2 Å². The highest BCUT2D eigenvalue weighted by Gasteiger charge is 2.23. The van der Waals surface area contributed by atoms with Crippen molar-refractivity contribution in [2.45, 2.75) is 24.8 Å². The molecular weight excluding hydrogens is 302 g/mol. The fourth-order valence-corrected chi connectivity index (χ4v) is 2.17. The molecule has 0 fully saturated rings. The van der Waals surface area contributed by atoms with Crippen molar-refractivity contribution < 1.29 is 22.9 Å². The highest BCUT2D eigenvalue weighted by Crippen LogP contribution is 2.28. The Kier molecular flexibility index (Phi) is 5.22. The summed E-state index contributed by atoms with van der Waals surface area (Å²) in [6, 6.07) is 2.94. The predicted octanol–water partition coefficient (Wildman–Crippen LogP) is 0.146. The zero-order valence-corrected chi connectivity index (χ0v) is 12.2. The number of hydrogen-bond acceptors (Lipinski definition) is 6. The molecule has 10 heteroatoms. The highest BCUT2D eigenvalue weighted by atomic mass is 32.2. The lowest BCUT2D eigenvalue weighted by molar-refractivity contribution is -0.385. The minimum Gasteiger partial charge on any atom is -0.479 e. The van der Waals surface area contributed by atoms with E-state index >= 15 is 0 Å². The quantitative estimate of drug-likeness (QED) is 0.564. The number of ether oxygens (including phenoxy) is 1. The second kappa shape index (κ2) is 6.50. The van der Waals surface area contributed by atoms with Crippen LogP contribution >= 0.6 is 0 Å². The van der Waals surface area contributed by atoms with E-state index in [1.165, 1.54) is 6.92 Å². The number of nitrogens with zero attached hydrogens (tertiary/aromatic N) is 1. The molecule has 0 radical (unpaired) electrons. The van der Waals surface area contributed by atoms with Gasteiger partial charge in [0.25, 0.3) is 11.6 Å². The predicted molar refractivity (Wildman–Crippen MR) is 73.2 cm³/mol. The Labute approximate surface area is 121 Å². The lowest BCUT2D eigenvalue weighted by atomic mass is 10.3. The average molecular weight is 317 g/mol. The van der Waals surface area contributed by atoms with Crippen LogP contribution in [0.5, 0.6) is 5.75 Å². The van der Waals surface area contributed by atoms with Gasteiger partial charge in [-0.3, -0.25) is 14.9 Å². The van der Waals surface area contributed by atoms with Crippen LogP contribution in [0.3, 0.4) is 0 Å². The van der Waals surface area contributed by atoms with Gasteiger partial charge in [0.05, 0.1) is 4.92 Å². The number of hydrogen-bond donors (Lipinski definition) is 2. The van der Waals surface area contributed by atoms with Crippen LogP contribution in [0, 0.1) is 10.1 Å². The molecule has 1 unspecified atom stereocenters. The van der Waals surface area contributed by atoms with Gasteiger partial charge in [0.15, 0.2) is 6.10 Å². The van der Waals surface area contributed by atoms with E-state index in [1.807, 2.05) is 0 Å². The van der Waals surface area contributed by atoms with Crippen molar-refractivity contribution in [1.29, 1.82) is 0 Å². The van der Waals surface area contributed by atoms with Gasteiger partial charge in [-0.2, -0.15) is 0 Å². The summed E-state index contributed by atoms with van der Waals surface area (Å²) in [5.41, 5.74) is -0.447. The molecule has 0 saturated carbocycles. The van der Waals surface area contributed by atoms with Crippen molar-refractivity contribution in [3.05, 3.63) is 28.3 Å². The van der Waals surface area contributed by atoms with Gasteiger partial charge in [-0.1, -0.05) is 0 Å². The Morgan fingerprint density at radius 2 is 2.14 bits per heavy atom. The number of primary sulfonamides is 1. The van der Waals surface area contributed by atoms with Gasteiger partial charge in [-0.05, 0) is 19.9 Å². The van der Waals surface area contributed by atoms with Crippen LogP contribution in [0.2, 0.25) is 0 Å². The van der Waals surface area contributed by atoms with Crippen molar-refractivity contribution in [3.63, 3.8) is 0 Å². The van der Waals surface area contributed by atoms with Crippen LogP contribution in [-0.4, -0.2) is 31.9 Å². The van der Waals surface area contributed by atoms with E-state index in [1.54, 1.807) is 6.92 Å². The number of amides is 1. The number of likely N-dealkylation sites (N-methyl/N-ethyl adjacent to an activating group) is 1. The average Bonchev–Trinajstić information content (AvgIpc) is 2.37. The van der Waals surface area contributed by atoms with Crippen molar-refractivity contribution in [3.8, 4) is 5.75 Å². The lowest BCUT2D eigenvalue weighted by Crippen LogP contribution is -2.36. The topological polar surface area (TPSA) is 142 Å². The zero-order chi connectivity index (χ0) is 16.2. The van der Waals surface area contributed by atoms with Crippen LogP contribution < -0.4 is 15.2 Å². The van der Waals surface area contributed by atoms with Crippen LogP contribution in [0.15, 0.2) is 23.1 Å². The summed E-state index contributed by atoms with van der Waals surface area (Å²) >= 11 is 0. The minimum absolute atomic E-state index is 0.221. The van der Waals surface area contributed by atoms with E-state index < -0.39 is 37.5 Å². The van der Waals surface area contributed by atoms with E-state index in [2.05, 4.69) is 5.32 Å². The molecule has 1 amide bonds. The van der Waals surface area contributed by atoms with Gasteiger partial charge in [0, 0.05) is 18.7 Å². The number of nitro benzene ring substituents is 1.